The molecule has 0 atom stereocenters. The number of aliphatic imine (C=N–C) groups is 1. The first kappa shape index (κ1) is 16.2. The number of rotatable bonds is 8. The van der Waals surface area contributed by atoms with Gasteiger partial charge in [0.05, 0.1) is 6.54 Å². The van der Waals surface area contributed by atoms with E-state index in [9.17, 15) is 8.78 Å². The fraction of sp³-hybridized carbons (Fsp3) is 0.500. The Morgan fingerprint density at radius 2 is 2.25 bits per heavy atom. The van der Waals surface area contributed by atoms with Crippen LogP contribution in [-0.4, -0.2) is 25.5 Å². The highest BCUT2D eigenvalue weighted by Gasteiger charge is 2.03. The van der Waals surface area contributed by atoms with E-state index in [2.05, 4.69) is 17.2 Å². The lowest BCUT2D eigenvalue weighted by Gasteiger charge is -2.07. The number of ether oxygens (including phenoxy) is 1. The lowest BCUT2D eigenvalue weighted by atomic mass is 10.2. The normalized spacial score (nSPS) is 11.7. The third-order valence-electron chi connectivity index (χ3n) is 2.54. The Hall–Kier alpha value is -1.85. The van der Waals surface area contributed by atoms with E-state index >= 15 is 0 Å². The molecule has 0 aliphatic rings. The zero-order chi connectivity index (χ0) is 14.8. The van der Waals surface area contributed by atoms with Crippen LogP contribution in [0.1, 0.15) is 25.3 Å². The fourth-order valence-corrected chi connectivity index (χ4v) is 1.52. The third kappa shape index (κ3) is 6.92. The predicted octanol–water partition coefficient (Wildman–Crippen LogP) is 2.53. The Balaban J connectivity index is 2.46. The van der Waals surface area contributed by atoms with Gasteiger partial charge in [-0.25, -0.2) is 13.8 Å². The van der Waals surface area contributed by atoms with Crippen LogP contribution in [0, 0.1) is 0 Å². The molecule has 1 aromatic carbocycles. The van der Waals surface area contributed by atoms with Crippen molar-refractivity contribution in [3.63, 3.8) is 0 Å². The monoisotopic (exact) mass is 285 g/mol. The van der Waals surface area contributed by atoms with Crippen LogP contribution < -0.4 is 15.8 Å². The Labute approximate surface area is 118 Å². The predicted molar refractivity (Wildman–Crippen MR) is 76.2 cm³/mol. The van der Waals surface area contributed by atoms with E-state index in [4.69, 9.17) is 10.5 Å². The summed E-state index contributed by atoms with van der Waals surface area (Å²) in [6.45, 7) is 2.67. The van der Waals surface area contributed by atoms with Gasteiger partial charge in [0.25, 0.3) is 6.43 Å². The van der Waals surface area contributed by atoms with Crippen molar-refractivity contribution < 1.29 is 13.5 Å². The number of alkyl halides is 2. The zero-order valence-electron chi connectivity index (χ0n) is 11.6. The topological polar surface area (TPSA) is 59.6 Å². The quantitative estimate of drug-likeness (QED) is 0.438. The fourth-order valence-electron chi connectivity index (χ4n) is 1.52. The Morgan fingerprint density at radius 3 is 2.95 bits per heavy atom. The number of nitrogens with zero attached hydrogens (tertiary/aromatic N) is 1. The summed E-state index contributed by atoms with van der Waals surface area (Å²) in [6.07, 6.45) is -0.355. The molecule has 0 saturated heterocycles. The molecule has 1 aromatic rings. The van der Waals surface area contributed by atoms with Gasteiger partial charge in [-0.15, -0.1) is 0 Å². The molecule has 4 nitrogen and oxygen atoms in total. The molecule has 0 bridgehead atoms. The maximum absolute atomic E-state index is 12.1. The van der Waals surface area contributed by atoms with Crippen LogP contribution in [0.2, 0.25) is 0 Å². The van der Waals surface area contributed by atoms with Crippen molar-refractivity contribution in [1.82, 2.24) is 5.32 Å². The van der Waals surface area contributed by atoms with Gasteiger partial charge in [0.2, 0.25) is 0 Å². The Morgan fingerprint density at radius 1 is 1.45 bits per heavy atom. The number of guanidine groups is 1. The standard InChI is InChI=1S/C14H21F2N3O/c1-2-3-7-18-14(17)19-9-11-5-4-6-12(8-11)20-10-13(15)16/h4-6,8,13H,2-3,7,9-10H2,1H3,(H3,17,18,19). The van der Waals surface area contributed by atoms with Crippen LogP contribution in [0.3, 0.4) is 0 Å². The van der Waals surface area contributed by atoms with E-state index in [0.717, 1.165) is 24.9 Å². The number of benzene rings is 1. The van der Waals surface area contributed by atoms with Gasteiger partial charge in [-0.05, 0) is 24.1 Å². The Bertz CT molecular complexity index is 425. The first-order valence-electron chi connectivity index (χ1n) is 6.65. The second kappa shape index (κ2) is 9.12. The summed E-state index contributed by atoms with van der Waals surface area (Å²) in [5, 5.41) is 3.01. The van der Waals surface area contributed by atoms with Crippen LogP contribution in [0.4, 0.5) is 8.78 Å². The highest BCUT2D eigenvalue weighted by Crippen LogP contribution is 2.14. The first-order chi connectivity index (χ1) is 9.61. The van der Waals surface area contributed by atoms with E-state index in [1.807, 2.05) is 6.07 Å². The van der Waals surface area contributed by atoms with Crippen molar-refractivity contribution in [3.05, 3.63) is 29.8 Å². The van der Waals surface area contributed by atoms with Gasteiger partial charge in [-0.2, -0.15) is 0 Å². The average molecular weight is 285 g/mol. The molecule has 0 saturated carbocycles. The summed E-state index contributed by atoms with van der Waals surface area (Å²) in [7, 11) is 0. The SMILES string of the molecule is CCCCNC(N)=NCc1cccc(OCC(F)F)c1. The summed E-state index contributed by atoms with van der Waals surface area (Å²) >= 11 is 0. The maximum Gasteiger partial charge on any atom is 0.272 e. The van der Waals surface area contributed by atoms with E-state index in [0.29, 0.717) is 18.3 Å². The molecule has 0 spiro atoms. The minimum Gasteiger partial charge on any atom is -0.488 e. The lowest BCUT2D eigenvalue weighted by molar-refractivity contribution is 0.0818. The molecule has 0 fully saturated rings. The summed E-state index contributed by atoms with van der Waals surface area (Å²) in [5.41, 5.74) is 6.57. The number of hydrogen-bond acceptors (Lipinski definition) is 2. The number of hydrogen-bond donors (Lipinski definition) is 2. The van der Waals surface area contributed by atoms with E-state index in [1.54, 1.807) is 18.2 Å². The molecule has 3 N–H and O–H groups in total. The molecule has 0 aliphatic heterocycles. The molecule has 0 aromatic heterocycles. The molecule has 0 heterocycles. The third-order valence-corrected chi connectivity index (χ3v) is 2.54. The van der Waals surface area contributed by atoms with Crippen molar-refractivity contribution in [1.29, 1.82) is 0 Å². The summed E-state index contributed by atoms with van der Waals surface area (Å²) in [6, 6.07) is 6.91. The van der Waals surface area contributed by atoms with E-state index in [-0.39, 0.29) is 0 Å². The van der Waals surface area contributed by atoms with E-state index < -0.39 is 13.0 Å². The van der Waals surface area contributed by atoms with Crippen LogP contribution in [0.15, 0.2) is 29.3 Å². The van der Waals surface area contributed by atoms with Gasteiger partial charge < -0.3 is 15.8 Å². The summed E-state index contributed by atoms with van der Waals surface area (Å²) < 4.78 is 29.1. The second-order valence-corrected chi connectivity index (χ2v) is 4.33. The van der Waals surface area contributed by atoms with Gasteiger partial charge in [0, 0.05) is 6.54 Å². The average Bonchev–Trinajstić information content (AvgIpc) is 2.44. The van der Waals surface area contributed by atoms with Crippen LogP contribution >= 0.6 is 0 Å². The molecule has 0 radical (unpaired) electrons. The van der Waals surface area contributed by atoms with Gasteiger partial charge in [-0.1, -0.05) is 25.5 Å². The van der Waals surface area contributed by atoms with Crippen molar-refractivity contribution in [2.75, 3.05) is 13.2 Å². The highest BCUT2D eigenvalue weighted by atomic mass is 19.3. The largest absolute Gasteiger partial charge is 0.488 e. The molecule has 112 valence electrons. The molecule has 0 unspecified atom stereocenters. The number of halogens is 2. The van der Waals surface area contributed by atoms with Gasteiger partial charge in [0.15, 0.2) is 5.96 Å². The van der Waals surface area contributed by atoms with Crippen molar-refractivity contribution in [2.45, 2.75) is 32.7 Å². The summed E-state index contributed by atoms with van der Waals surface area (Å²) in [4.78, 5) is 4.18. The molecule has 0 amide bonds. The molecular formula is C14H21F2N3O. The van der Waals surface area contributed by atoms with Gasteiger partial charge >= 0.3 is 0 Å². The number of nitrogens with one attached hydrogen (secondary N) is 1. The van der Waals surface area contributed by atoms with Crippen molar-refractivity contribution in [2.24, 2.45) is 10.7 Å². The van der Waals surface area contributed by atoms with Crippen molar-refractivity contribution >= 4 is 5.96 Å². The Kier molecular flexibility index (Phi) is 7.39. The van der Waals surface area contributed by atoms with Gasteiger partial charge in [0.1, 0.15) is 12.4 Å². The molecular weight excluding hydrogens is 264 g/mol. The first-order valence-corrected chi connectivity index (χ1v) is 6.65. The number of unbranched alkanes of at least 4 members (excludes halogenated alkanes) is 1. The minimum atomic E-state index is -2.48. The molecule has 0 aliphatic carbocycles. The van der Waals surface area contributed by atoms with Gasteiger partial charge in [-0.3, -0.25) is 0 Å². The van der Waals surface area contributed by atoms with E-state index in [1.165, 1.54) is 0 Å². The van der Waals surface area contributed by atoms with Crippen LogP contribution in [0.25, 0.3) is 0 Å². The summed E-state index contributed by atoms with van der Waals surface area (Å²) in [5.74, 6) is 0.799. The zero-order valence-corrected chi connectivity index (χ0v) is 11.6. The van der Waals surface area contributed by atoms with Crippen LogP contribution in [-0.2, 0) is 6.54 Å². The smallest absolute Gasteiger partial charge is 0.272 e. The van der Waals surface area contributed by atoms with Crippen molar-refractivity contribution in [3.8, 4) is 5.75 Å². The second-order valence-electron chi connectivity index (χ2n) is 4.33. The number of nitrogens with two attached hydrogens (primary N) is 1. The lowest BCUT2D eigenvalue weighted by Crippen LogP contribution is -2.32. The molecule has 6 heteroatoms. The maximum atomic E-state index is 12.1. The molecule has 20 heavy (non-hydrogen) atoms. The highest BCUT2D eigenvalue weighted by molar-refractivity contribution is 5.77. The molecule has 1 rings (SSSR count). The minimum absolute atomic E-state index is 0.386. The van der Waals surface area contributed by atoms with Crippen LogP contribution in [0.5, 0.6) is 5.75 Å².